The van der Waals surface area contributed by atoms with Gasteiger partial charge in [-0.15, -0.1) is 11.3 Å². The van der Waals surface area contributed by atoms with Crippen LogP contribution in [0.1, 0.15) is 11.3 Å². The number of thiophene rings is 1. The van der Waals surface area contributed by atoms with Gasteiger partial charge < -0.3 is 15.6 Å². The Bertz CT molecular complexity index is 514. The van der Waals surface area contributed by atoms with Crippen LogP contribution in [0.25, 0.3) is 0 Å². The average Bonchev–Trinajstić information content (AvgIpc) is 3.05. The Kier molecular flexibility index (Phi) is 3.22. The molecule has 2 aliphatic rings. The molecule has 1 aromatic rings. The zero-order valence-electron chi connectivity index (χ0n) is 10.1. The van der Waals surface area contributed by atoms with Crippen molar-refractivity contribution in [1.82, 2.24) is 21.1 Å². The fourth-order valence-electron chi connectivity index (χ4n) is 2.21. The molecule has 19 heavy (non-hydrogen) atoms. The molecule has 0 aromatic carbocycles. The molecule has 0 radical (unpaired) electrons. The molecular formula is C12H14N4O2S. The monoisotopic (exact) mass is 278 g/mol. The summed E-state index contributed by atoms with van der Waals surface area (Å²) in [6.45, 7) is 0.529. The van der Waals surface area contributed by atoms with E-state index in [0.29, 0.717) is 13.0 Å². The third kappa shape index (κ3) is 2.47. The second kappa shape index (κ2) is 5.02. The average molecular weight is 278 g/mol. The lowest BCUT2D eigenvalue weighted by Crippen LogP contribution is -2.47. The first-order chi connectivity index (χ1) is 9.24. The molecule has 0 aliphatic carbocycles. The normalized spacial score (nSPS) is 25.1. The summed E-state index contributed by atoms with van der Waals surface area (Å²) in [5.74, 6) is -0.160. The molecule has 2 unspecified atom stereocenters. The van der Waals surface area contributed by atoms with Crippen LogP contribution < -0.4 is 16.1 Å². The second-order valence-corrected chi connectivity index (χ2v) is 5.49. The summed E-state index contributed by atoms with van der Waals surface area (Å²) in [4.78, 5) is 24.8. The molecule has 6 nitrogen and oxygen atoms in total. The Labute approximate surface area is 114 Å². The highest BCUT2D eigenvalue weighted by atomic mass is 32.1. The van der Waals surface area contributed by atoms with Gasteiger partial charge in [0.2, 0.25) is 11.8 Å². The van der Waals surface area contributed by atoms with Gasteiger partial charge in [0.1, 0.15) is 12.1 Å². The molecule has 3 N–H and O–H groups in total. The summed E-state index contributed by atoms with van der Waals surface area (Å²) in [6, 6.07) is 3.27. The van der Waals surface area contributed by atoms with Crippen molar-refractivity contribution in [2.45, 2.75) is 25.0 Å². The zero-order chi connectivity index (χ0) is 13.2. The summed E-state index contributed by atoms with van der Waals surface area (Å²) in [5.41, 5.74) is 3.03. The summed E-state index contributed by atoms with van der Waals surface area (Å²) >= 11 is 1.61. The Morgan fingerprint density at radius 3 is 3.21 bits per heavy atom. The maximum Gasteiger partial charge on any atom is 0.248 e. The van der Waals surface area contributed by atoms with Crippen molar-refractivity contribution >= 4 is 23.2 Å². The molecule has 2 atom stereocenters. The van der Waals surface area contributed by atoms with Crippen molar-refractivity contribution in [2.75, 3.05) is 0 Å². The SMILES string of the molecule is O=C(NCc1cccs1)C1CC2C(=O)NC=CN2N1. The zero-order valence-corrected chi connectivity index (χ0v) is 10.9. The van der Waals surface area contributed by atoms with Crippen molar-refractivity contribution in [3.63, 3.8) is 0 Å². The molecule has 1 saturated heterocycles. The molecule has 3 heterocycles. The molecule has 2 aliphatic heterocycles. The number of carbonyl (C=O) groups is 2. The lowest BCUT2D eigenvalue weighted by molar-refractivity contribution is -0.125. The van der Waals surface area contributed by atoms with Gasteiger partial charge in [-0.1, -0.05) is 6.07 Å². The topological polar surface area (TPSA) is 73.5 Å². The van der Waals surface area contributed by atoms with Crippen molar-refractivity contribution in [3.05, 3.63) is 34.8 Å². The Morgan fingerprint density at radius 1 is 1.58 bits per heavy atom. The van der Waals surface area contributed by atoms with Gasteiger partial charge in [0, 0.05) is 23.7 Å². The molecule has 0 bridgehead atoms. The van der Waals surface area contributed by atoms with Crippen LogP contribution in [0, 0.1) is 0 Å². The van der Waals surface area contributed by atoms with Gasteiger partial charge >= 0.3 is 0 Å². The van der Waals surface area contributed by atoms with E-state index >= 15 is 0 Å². The summed E-state index contributed by atoms with van der Waals surface area (Å²) in [5, 5.41) is 9.18. The Balaban J connectivity index is 1.57. The second-order valence-electron chi connectivity index (χ2n) is 4.46. The third-order valence-electron chi connectivity index (χ3n) is 3.20. The number of hydrogen-bond acceptors (Lipinski definition) is 5. The number of nitrogens with zero attached hydrogens (tertiary/aromatic N) is 1. The molecular weight excluding hydrogens is 264 g/mol. The number of nitrogens with one attached hydrogen (secondary N) is 3. The molecule has 7 heteroatoms. The van der Waals surface area contributed by atoms with E-state index in [2.05, 4.69) is 16.1 Å². The van der Waals surface area contributed by atoms with Crippen LogP contribution in [0.4, 0.5) is 0 Å². The van der Waals surface area contributed by atoms with Crippen LogP contribution in [-0.4, -0.2) is 28.9 Å². The van der Waals surface area contributed by atoms with E-state index in [1.54, 1.807) is 28.7 Å². The maximum atomic E-state index is 12.0. The van der Waals surface area contributed by atoms with E-state index in [1.165, 1.54) is 0 Å². The number of carbonyl (C=O) groups excluding carboxylic acids is 2. The highest BCUT2D eigenvalue weighted by Gasteiger charge is 2.39. The number of hydrazine groups is 1. The van der Waals surface area contributed by atoms with Gasteiger partial charge in [0.15, 0.2) is 0 Å². The minimum Gasteiger partial charge on any atom is -0.350 e. The van der Waals surface area contributed by atoms with Gasteiger partial charge in [-0.05, 0) is 11.4 Å². The van der Waals surface area contributed by atoms with E-state index < -0.39 is 0 Å². The van der Waals surface area contributed by atoms with E-state index in [4.69, 9.17) is 0 Å². The van der Waals surface area contributed by atoms with Gasteiger partial charge in [-0.3, -0.25) is 9.59 Å². The van der Waals surface area contributed by atoms with Gasteiger partial charge in [0.05, 0.1) is 6.54 Å². The highest BCUT2D eigenvalue weighted by molar-refractivity contribution is 7.09. The van der Waals surface area contributed by atoms with E-state index in [0.717, 1.165) is 4.88 Å². The Morgan fingerprint density at radius 2 is 2.47 bits per heavy atom. The minimum absolute atomic E-state index is 0.0796. The Hall–Kier alpha value is -1.86. The predicted molar refractivity (Wildman–Crippen MR) is 70.6 cm³/mol. The summed E-state index contributed by atoms with van der Waals surface area (Å²) in [6.07, 6.45) is 3.78. The van der Waals surface area contributed by atoms with Gasteiger partial charge in [-0.25, -0.2) is 5.43 Å². The quantitative estimate of drug-likeness (QED) is 0.722. The van der Waals surface area contributed by atoms with Crippen LogP contribution in [0.3, 0.4) is 0 Å². The van der Waals surface area contributed by atoms with E-state index in [9.17, 15) is 9.59 Å². The lowest BCUT2D eigenvalue weighted by Gasteiger charge is -2.24. The van der Waals surface area contributed by atoms with Crippen LogP contribution in [0.2, 0.25) is 0 Å². The summed E-state index contributed by atoms with van der Waals surface area (Å²) in [7, 11) is 0. The molecule has 3 rings (SSSR count). The number of hydrogen-bond donors (Lipinski definition) is 3. The van der Waals surface area contributed by atoms with Crippen molar-refractivity contribution in [2.24, 2.45) is 0 Å². The largest absolute Gasteiger partial charge is 0.350 e. The van der Waals surface area contributed by atoms with Crippen molar-refractivity contribution in [1.29, 1.82) is 0 Å². The number of fused-ring (bicyclic) bond motifs is 1. The predicted octanol–water partition coefficient (Wildman–Crippen LogP) is -0.0872. The third-order valence-corrected chi connectivity index (χ3v) is 4.07. The molecule has 1 fully saturated rings. The molecule has 1 aromatic heterocycles. The smallest absolute Gasteiger partial charge is 0.248 e. The lowest BCUT2D eigenvalue weighted by atomic mass is 10.1. The molecule has 2 amide bonds. The van der Waals surface area contributed by atoms with E-state index in [-0.39, 0.29) is 23.9 Å². The van der Waals surface area contributed by atoms with E-state index in [1.807, 2.05) is 17.5 Å². The maximum absolute atomic E-state index is 12.0. The molecule has 0 spiro atoms. The first-order valence-corrected chi connectivity index (χ1v) is 6.93. The standard InChI is InChI=1S/C12H14N4O2S/c17-11(14-7-8-2-1-5-19-8)9-6-10-12(18)13-3-4-16(10)15-9/h1-5,9-10,15H,6-7H2,(H,13,18)(H,14,17). The fraction of sp³-hybridized carbons (Fsp3) is 0.333. The first-order valence-electron chi connectivity index (χ1n) is 6.06. The summed E-state index contributed by atoms with van der Waals surface area (Å²) < 4.78 is 0. The highest BCUT2D eigenvalue weighted by Crippen LogP contribution is 2.18. The van der Waals surface area contributed by atoms with Crippen LogP contribution >= 0.6 is 11.3 Å². The van der Waals surface area contributed by atoms with Gasteiger partial charge in [0.25, 0.3) is 0 Å². The minimum atomic E-state index is -0.363. The van der Waals surface area contributed by atoms with Crippen LogP contribution in [-0.2, 0) is 16.1 Å². The molecule has 100 valence electrons. The van der Waals surface area contributed by atoms with Crippen molar-refractivity contribution < 1.29 is 9.59 Å². The van der Waals surface area contributed by atoms with Crippen LogP contribution in [0.15, 0.2) is 29.9 Å². The van der Waals surface area contributed by atoms with Crippen molar-refractivity contribution in [3.8, 4) is 0 Å². The number of amides is 2. The fourth-order valence-corrected chi connectivity index (χ4v) is 2.86. The number of rotatable bonds is 3. The first kappa shape index (κ1) is 12.2. The molecule has 0 saturated carbocycles. The van der Waals surface area contributed by atoms with Gasteiger partial charge in [-0.2, -0.15) is 0 Å². The van der Waals surface area contributed by atoms with Crippen LogP contribution in [0.5, 0.6) is 0 Å².